The van der Waals surface area contributed by atoms with E-state index in [1.807, 2.05) is 0 Å². The summed E-state index contributed by atoms with van der Waals surface area (Å²) in [5.74, 6) is -3.97. The Labute approximate surface area is 195 Å². The van der Waals surface area contributed by atoms with Gasteiger partial charge in [0.2, 0.25) is 10.0 Å². The van der Waals surface area contributed by atoms with Crippen LogP contribution in [-0.4, -0.2) is 55.1 Å². The highest BCUT2D eigenvalue weighted by molar-refractivity contribution is 7.89. The lowest BCUT2D eigenvalue weighted by Gasteiger charge is -2.32. The second-order valence-corrected chi connectivity index (χ2v) is 8.01. The van der Waals surface area contributed by atoms with E-state index in [1.165, 1.54) is 4.72 Å². The molecule has 2 aromatic rings. The number of rotatable bonds is 9. The molecule has 2 aromatic carbocycles. The predicted molar refractivity (Wildman–Crippen MR) is 111 cm³/mol. The zero-order chi connectivity index (χ0) is 26.8. The van der Waals surface area contributed by atoms with Crippen molar-refractivity contribution in [3.63, 3.8) is 0 Å². The number of aliphatic hydroxyl groups is 1. The first-order valence-electron chi connectivity index (χ1n) is 9.33. The fraction of sp³-hybridized carbons (Fsp3) is 0.263. The van der Waals surface area contributed by atoms with E-state index in [9.17, 15) is 46.0 Å². The van der Waals surface area contributed by atoms with Crippen molar-refractivity contribution in [2.24, 2.45) is 0 Å². The lowest BCUT2D eigenvalue weighted by atomic mass is 9.91. The third kappa shape index (κ3) is 7.13. The molecule has 0 saturated heterocycles. The molecule has 1 atom stereocenters. The van der Waals surface area contributed by atoms with E-state index in [0.29, 0.717) is 25.0 Å². The quantitative estimate of drug-likeness (QED) is 0.0966. The van der Waals surface area contributed by atoms with E-state index >= 15 is 0 Å². The molecule has 35 heavy (non-hydrogen) atoms. The summed E-state index contributed by atoms with van der Waals surface area (Å²) >= 11 is 0. The fourth-order valence-corrected chi connectivity index (χ4v) is 4.14. The predicted octanol–water partition coefficient (Wildman–Crippen LogP) is 2.15. The molecule has 16 heteroatoms. The van der Waals surface area contributed by atoms with E-state index in [-0.39, 0.29) is 0 Å². The molecule has 2 rings (SSSR count). The molecule has 0 aliphatic heterocycles. The van der Waals surface area contributed by atoms with Crippen molar-refractivity contribution in [1.82, 2.24) is 4.72 Å². The molecule has 0 fully saturated rings. The number of alkyl halides is 2. The van der Waals surface area contributed by atoms with E-state index < -0.39 is 67.3 Å². The summed E-state index contributed by atoms with van der Waals surface area (Å²) in [6.07, 6.45) is -3.03. The maximum absolute atomic E-state index is 14.1. The average Bonchev–Trinajstić information content (AvgIpc) is 2.80. The van der Waals surface area contributed by atoms with Crippen LogP contribution >= 0.6 is 0 Å². The van der Waals surface area contributed by atoms with Crippen LogP contribution in [0.5, 0.6) is 0 Å². The zero-order valence-electron chi connectivity index (χ0n) is 17.8. The monoisotopic (exact) mass is 522 g/mol. The number of nitro benzene ring substituents is 1. The third-order valence-electron chi connectivity index (χ3n) is 4.17. The van der Waals surface area contributed by atoms with Gasteiger partial charge in [-0.25, -0.2) is 30.8 Å². The second kappa shape index (κ2) is 12.7. The highest BCUT2D eigenvalue weighted by Crippen LogP contribution is 2.34. The standard InChI is InChI=1S/C15H12F4N2O5S.C4H6N2O2/c16-10-5-3-4-9(13(10)17)15(8-22,14(18)19)20-27(25,26)12-7-2-1-6-11(12)21(23)24;1-2-8-4(7)3-6-5/h1-7,14,20,22H,8H2;3H,2H2,1H3/t15-;/m0./s1. The van der Waals surface area contributed by atoms with Crippen molar-refractivity contribution in [2.45, 2.75) is 23.8 Å². The summed E-state index contributed by atoms with van der Waals surface area (Å²) in [5.41, 5.74) is 2.39. The minimum absolute atomic E-state index is 0.296. The maximum Gasteiger partial charge on any atom is 0.413 e. The molecule has 0 aliphatic rings. The smallest absolute Gasteiger partial charge is 0.413 e. The Morgan fingerprint density at radius 1 is 1.29 bits per heavy atom. The first kappa shape index (κ1) is 29.3. The number of benzene rings is 2. The van der Waals surface area contributed by atoms with Crippen LogP contribution in [0.15, 0.2) is 47.4 Å². The molecule has 0 unspecified atom stereocenters. The van der Waals surface area contributed by atoms with Gasteiger partial charge in [-0.1, -0.05) is 24.3 Å². The van der Waals surface area contributed by atoms with Crippen molar-refractivity contribution in [1.29, 1.82) is 0 Å². The third-order valence-corrected chi connectivity index (χ3v) is 5.73. The number of para-hydroxylation sites is 1. The zero-order valence-corrected chi connectivity index (χ0v) is 18.6. The molecular formula is C19H18F4N4O7S. The Morgan fingerprint density at radius 3 is 2.43 bits per heavy atom. The van der Waals surface area contributed by atoms with Gasteiger partial charge in [-0.3, -0.25) is 10.1 Å². The second-order valence-electron chi connectivity index (χ2n) is 6.36. The van der Waals surface area contributed by atoms with Gasteiger partial charge in [0.15, 0.2) is 16.5 Å². The van der Waals surface area contributed by atoms with Crippen LogP contribution < -0.4 is 4.72 Å². The number of ether oxygens (including phenoxy) is 1. The lowest BCUT2D eigenvalue weighted by Crippen LogP contribution is -2.54. The number of carbonyl (C=O) groups is 1. The fourth-order valence-electron chi connectivity index (χ4n) is 2.61. The van der Waals surface area contributed by atoms with E-state index in [1.54, 1.807) is 6.92 Å². The van der Waals surface area contributed by atoms with Crippen LogP contribution in [-0.2, 0) is 25.1 Å². The summed E-state index contributed by atoms with van der Waals surface area (Å²) in [6, 6.07) is 5.98. The van der Waals surface area contributed by atoms with Gasteiger partial charge in [-0.15, -0.1) is 0 Å². The Morgan fingerprint density at radius 2 is 1.91 bits per heavy atom. The minimum atomic E-state index is -5.05. The van der Waals surface area contributed by atoms with Crippen molar-refractivity contribution in [3.8, 4) is 0 Å². The van der Waals surface area contributed by atoms with Gasteiger partial charge < -0.3 is 15.4 Å². The van der Waals surface area contributed by atoms with Gasteiger partial charge in [-0.05, 0) is 19.1 Å². The van der Waals surface area contributed by atoms with Gasteiger partial charge in [0.05, 0.1) is 18.1 Å². The number of aliphatic hydroxyl groups excluding tert-OH is 1. The molecular weight excluding hydrogens is 504 g/mol. The highest BCUT2D eigenvalue weighted by atomic mass is 32.2. The number of carbonyl (C=O) groups excluding carboxylic acids is 1. The van der Waals surface area contributed by atoms with Crippen LogP contribution in [0.4, 0.5) is 23.2 Å². The van der Waals surface area contributed by atoms with Crippen LogP contribution in [0.25, 0.3) is 5.53 Å². The van der Waals surface area contributed by atoms with Crippen LogP contribution in [0.3, 0.4) is 0 Å². The number of halogens is 4. The summed E-state index contributed by atoms with van der Waals surface area (Å²) in [5, 5.41) is 20.5. The highest BCUT2D eigenvalue weighted by Gasteiger charge is 2.48. The summed E-state index contributed by atoms with van der Waals surface area (Å²) in [7, 11) is -5.05. The molecule has 11 nitrogen and oxygen atoms in total. The molecule has 0 radical (unpaired) electrons. The first-order chi connectivity index (χ1) is 16.4. The maximum atomic E-state index is 14.1. The Balaban J connectivity index is 0.000000658. The minimum Gasteiger partial charge on any atom is -0.458 e. The average molecular weight is 522 g/mol. The number of nitrogens with one attached hydrogen (secondary N) is 1. The molecule has 0 aromatic heterocycles. The van der Waals surface area contributed by atoms with Crippen LogP contribution in [0, 0.1) is 21.7 Å². The number of hydrogen-bond donors (Lipinski definition) is 2. The lowest BCUT2D eigenvalue weighted by molar-refractivity contribution is -0.387. The molecule has 0 saturated carbocycles. The van der Waals surface area contributed by atoms with E-state index in [4.69, 9.17) is 5.53 Å². The van der Waals surface area contributed by atoms with Crippen LogP contribution in [0.1, 0.15) is 12.5 Å². The largest absolute Gasteiger partial charge is 0.458 e. The van der Waals surface area contributed by atoms with Gasteiger partial charge >= 0.3 is 12.2 Å². The molecule has 0 heterocycles. The Bertz CT molecular complexity index is 1220. The van der Waals surface area contributed by atoms with E-state index in [0.717, 1.165) is 30.3 Å². The van der Waals surface area contributed by atoms with Crippen LogP contribution in [0.2, 0.25) is 0 Å². The number of hydrogen-bond acceptors (Lipinski definition) is 7. The number of nitrogens with zero attached hydrogens (tertiary/aromatic N) is 3. The molecule has 0 aliphatic carbocycles. The Hall–Kier alpha value is -3.72. The van der Waals surface area contributed by atoms with Crippen molar-refractivity contribution >= 4 is 27.9 Å². The molecule has 190 valence electrons. The first-order valence-corrected chi connectivity index (χ1v) is 10.8. The molecule has 2 N–H and O–H groups in total. The molecule has 0 amide bonds. The Kier molecular flexibility index (Phi) is 10.6. The summed E-state index contributed by atoms with van der Waals surface area (Å²) < 4.78 is 85.8. The molecule has 0 bridgehead atoms. The summed E-state index contributed by atoms with van der Waals surface area (Å²) in [4.78, 5) is 21.5. The van der Waals surface area contributed by atoms with Gasteiger partial charge in [0.25, 0.3) is 12.1 Å². The van der Waals surface area contributed by atoms with Crippen molar-refractivity contribution < 1.29 is 50.3 Å². The topological polar surface area (TPSA) is 172 Å². The van der Waals surface area contributed by atoms with Gasteiger partial charge in [-0.2, -0.15) is 9.51 Å². The summed E-state index contributed by atoms with van der Waals surface area (Å²) in [6.45, 7) is 0.318. The van der Waals surface area contributed by atoms with Gasteiger partial charge in [0.1, 0.15) is 5.54 Å². The van der Waals surface area contributed by atoms with Gasteiger partial charge in [0, 0.05) is 11.6 Å². The normalized spacial score (nSPS) is 12.5. The number of nitro groups is 1. The number of esters is 1. The molecule has 0 spiro atoms. The SMILES string of the molecule is CCOC(=O)C=[N+]=[N-].O=[N+]([O-])c1ccccc1S(=O)(=O)N[C@@](CO)(c1cccc(F)c1F)C(F)F. The van der Waals surface area contributed by atoms with E-state index in [2.05, 4.69) is 9.53 Å². The number of sulfonamides is 1. The van der Waals surface area contributed by atoms with Crippen molar-refractivity contribution in [2.75, 3.05) is 13.2 Å². The van der Waals surface area contributed by atoms with Crippen molar-refractivity contribution in [3.05, 3.63) is 75.3 Å².